The molecular formula is C17H23BrO. The number of hydrogen-bond acceptors (Lipinski definition) is 1. The summed E-state index contributed by atoms with van der Waals surface area (Å²) in [5.74, 6) is 0.854. The first-order chi connectivity index (χ1) is 8.93. The van der Waals surface area contributed by atoms with E-state index in [1.807, 2.05) is 0 Å². The van der Waals surface area contributed by atoms with Gasteiger partial charge in [-0.15, -0.1) is 0 Å². The fourth-order valence-electron chi connectivity index (χ4n) is 4.16. The van der Waals surface area contributed by atoms with E-state index in [1.165, 1.54) is 24.8 Å². The Morgan fingerprint density at radius 3 is 2.42 bits per heavy atom. The van der Waals surface area contributed by atoms with Crippen molar-refractivity contribution in [2.75, 3.05) is 0 Å². The maximum absolute atomic E-state index is 6.29. The number of hydrogen-bond donors (Lipinski definition) is 0. The second-order valence-corrected chi connectivity index (χ2v) is 7.95. The fraction of sp³-hybridized carbons (Fsp3) is 0.647. The standard InChI is InChI=1S/C17H23BrO/c1-16(2)13-8-9-17(16,3)15(10-13)19-11-12-4-6-14(18)7-5-12/h4-7,13,15H,8-11H2,1-3H3. The van der Waals surface area contributed by atoms with Crippen LogP contribution in [-0.2, 0) is 11.3 Å². The number of fused-ring (bicyclic) bond motifs is 2. The van der Waals surface area contributed by atoms with E-state index in [9.17, 15) is 0 Å². The van der Waals surface area contributed by atoms with Crippen LogP contribution in [0.1, 0.15) is 45.6 Å². The second-order valence-electron chi connectivity index (χ2n) is 7.04. The summed E-state index contributed by atoms with van der Waals surface area (Å²) < 4.78 is 7.42. The Bertz CT molecular complexity index is 465. The van der Waals surface area contributed by atoms with Gasteiger partial charge in [0.2, 0.25) is 0 Å². The molecule has 1 aromatic carbocycles. The Morgan fingerprint density at radius 1 is 1.21 bits per heavy atom. The Kier molecular flexibility index (Phi) is 3.30. The quantitative estimate of drug-likeness (QED) is 0.745. The molecule has 0 aromatic heterocycles. The number of rotatable bonds is 3. The first-order valence-corrected chi connectivity index (χ1v) is 8.09. The van der Waals surface area contributed by atoms with Crippen LogP contribution in [0.25, 0.3) is 0 Å². The van der Waals surface area contributed by atoms with Crippen molar-refractivity contribution >= 4 is 15.9 Å². The van der Waals surface area contributed by atoms with E-state index in [2.05, 4.69) is 61.0 Å². The molecule has 0 heterocycles. The third kappa shape index (κ3) is 2.08. The summed E-state index contributed by atoms with van der Waals surface area (Å²) in [6.07, 6.45) is 4.40. The van der Waals surface area contributed by atoms with Crippen molar-refractivity contribution in [1.82, 2.24) is 0 Å². The molecule has 2 heteroatoms. The molecular weight excluding hydrogens is 300 g/mol. The van der Waals surface area contributed by atoms with Crippen molar-refractivity contribution < 1.29 is 4.74 Å². The number of benzene rings is 1. The van der Waals surface area contributed by atoms with Crippen LogP contribution >= 0.6 is 15.9 Å². The molecule has 2 aliphatic carbocycles. The average Bonchev–Trinajstić information content (AvgIpc) is 2.71. The molecule has 1 aromatic rings. The molecule has 0 N–H and O–H groups in total. The lowest BCUT2D eigenvalue weighted by Gasteiger charge is -2.38. The summed E-state index contributed by atoms with van der Waals surface area (Å²) >= 11 is 3.47. The smallest absolute Gasteiger partial charge is 0.0720 e. The van der Waals surface area contributed by atoms with Gasteiger partial charge in [-0.05, 0) is 53.7 Å². The molecule has 2 bridgehead atoms. The van der Waals surface area contributed by atoms with Crippen LogP contribution in [-0.4, -0.2) is 6.10 Å². The van der Waals surface area contributed by atoms with Crippen LogP contribution in [0.5, 0.6) is 0 Å². The highest BCUT2D eigenvalue weighted by Gasteiger charge is 2.61. The highest BCUT2D eigenvalue weighted by Crippen LogP contribution is 2.66. The number of ether oxygens (including phenoxy) is 1. The van der Waals surface area contributed by atoms with Gasteiger partial charge in [-0.3, -0.25) is 0 Å². The van der Waals surface area contributed by atoms with E-state index in [1.54, 1.807) is 0 Å². The van der Waals surface area contributed by atoms with Gasteiger partial charge in [0.25, 0.3) is 0 Å². The third-order valence-corrected chi connectivity index (χ3v) is 6.61. The summed E-state index contributed by atoms with van der Waals surface area (Å²) in [4.78, 5) is 0. The van der Waals surface area contributed by atoms with Crippen molar-refractivity contribution in [3.05, 3.63) is 34.3 Å². The van der Waals surface area contributed by atoms with Crippen LogP contribution in [0.2, 0.25) is 0 Å². The van der Waals surface area contributed by atoms with Gasteiger partial charge >= 0.3 is 0 Å². The molecule has 2 aliphatic rings. The number of halogens is 1. The van der Waals surface area contributed by atoms with E-state index >= 15 is 0 Å². The molecule has 1 nitrogen and oxygen atoms in total. The van der Waals surface area contributed by atoms with Crippen molar-refractivity contribution in [1.29, 1.82) is 0 Å². The van der Waals surface area contributed by atoms with E-state index in [4.69, 9.17) is 4.74 Å². The molecule has 104 valence electrons. The highest BCUT2D eigenvalue weighted by atomic mass is 79.9. The molecule has 2 saturated carbocycles. The SMILES string of the molecule is CC1(C)C2CCC1(C)C(OCc1ccc(Br)cc1)C2. The largest absolute Gasteiger partial charge is 0.373 e. The zero-order chi connectivity index (χ0) is 13.7. The van der Waals surface area contributed by atoms with Crippen LogP contribution in [0.4, 0.5) is 0 Å². The van der Waals surface area contributed by atoms with Crippen molar-refractivity contribution in [2.24, 2.45) is 16.7 Å². The highest BCUT2D eigenvalue weighted by molar-refractivity contribution is 9.10. The van der Waals surface area contributed by atoms with Gasteiger partial charge in [-0.2, -0.15) is 0 Å². The van der Waals surface area contributed by atoms with E-state index in [-0.39, 0.29) is 0 Å². The molecule has 3 atom stereocenters. The van der Waals surface area contributed by atoms with Gasteiger partial charge in [0, 0.05) is 4.47 Å². The summed E-state index contributed by atoms with van der Waals surface area (Å²) in [6, 6.07) is 8.46. The molecule has 2 fully saturated rings. The first kappa shape index (κ1) is 13.6. The summed E-state index contributed by atoms with van der Waals surface area (Å²) in [5, 5.41) is 0. The van der Waals surface area contributed by atoms with Crippen molar-refractivity contribution in [3.8, 4) is 0 Å². The van der Waals surface area contributed by atoms with Gasteiger partial charge in [-0.25, -0.2) is 0 Å². The molecule has 0 radical (unpaired) electrons. The van der Waals surface area contributed by atoms with Crippen LogP contribution in [0.15, 0.2) is 28.7 Å². The van der Waals surface area contributed by atoms with Gasteiger partial charge in [0.15, 0.2) is 0 Å². The molecule has 3 rings (SSSR count). The zero-order valence-electron chi connectivity index (χ0n) is 12.1. The summed E-state index contributed by atoms with van der Waals surface area (Å²) in [5.41, 5.74) is 2.08. The lowest BCUT2D eigenvalue weighted by molar-refractivity contribution is -0.0550. The normalized spacial score (nSPS) is 35.8. The van der Waals surface area contributed by atoms with Gasteiger partial charge in [-0.1, -0.05) is 48.8 Å². The molecule has 3 unspecified atom stereocenters. The molecule has 19 heavy (non-hydrogen) atoms. The van der Waals surface area contributed by atoms with Crippen LogP contribution in [0, 0.1) is 16.7 Å². The predicted molar refractivity (Wildman–Crippen MR) is 81.9 cm³/mol. The third-order valence-electron chi connectivity index (χ3n) is 6.08. The monoisotopic (exact) mass is 322 g/mol. The van der Waals surface area contributed by atoms with Crippen molar-refractivity contribution in [3.63, 3.8) is 0 Å². The summed E-state index contributed by atoms with van der Waals surface area (Å²) in [6.45, 7) is 8.06. The van der Waals surface area contributed by atoms with Crippen LogP contribution < -0.4 is 0 Å². The minimum atomic E-state index is 0.368. The van der Waals surface area contributed by atoms with E-state index < -0.39 is 0 Å². The van der Waals surface area contributed by atoms with E-state index in [0.29, 0.717) is 16.9 Å². The Morgan fingerprint density at radius 2 is 1.89 bits per heavy atom. The van der Waals surface area contributed by atoms with Gasteiger partial charge < -0.3 is 4.74 Å². The van der Waals surface area contributed by atoms with Gasteiger partial charge in [0.05, 0.1) is 12.7 Å². The maximum atomic E-state index is 6.29. The predicted octanol–water partition coefficient (Wildman–Crippen LogP) is 5.18. The van der Waals surface area contributed by atoms with Crippen LogP contribution in [0.3, 0.4) is 0 Å². The molecule has 0 aliphatic heterocycles. The Balaban J connectivity index is 1.67. The maximum Gasteiger partial charge on any atom is 0.0720 e. The second kappa shape index (κ2) is 4.60. The Labute approximate surface area is 124 Å². The summed E-state index contributed by atoms with van der Waals surface area (Å²) in [7, 11) is 0. The molecule has 0 saturated heterocycles. The topological polar surface area (TPSA) is 9.23 Å². The minimum Gasteiger partial charge on any atom is -0.373 e. The molecule has 0 spiro atoms. The lowest BCUT2D eigenvalue weighted by atomic mass is 9.70. The Hall–Kier alpha value is -0.340. The van der Waals surface area contributed by atoms with Crippen molar-refractivity contribution in [2.45, 2.75) is 52.7 Å². The average molecular weight is 323 g/mol. The van der Waals surface area contributed by atoms with E-state index in [0.717, 1.165) is 17.0 Å². The van der Waals surface area contributed by atoms with Gasteiger partial charge in [0.1, 0.15) is 0 Å². The fourth-order valence-corrected chi connectivity index (χ4v) is 4.42. The first-order valence-electron chi connectivity index (χ1n) is 7.29. The zero-order valence-corrected chi connectivity index (χ0v) is 13.7. The minimum absolute atomic E-state index is 0.368. The lowest BCUT2D eigenvalue weighted by Crippen LogP contribution is -2.37. The molecule has 0 amide bonds.